The number of carbonyl (C=O) groups is 2. The van der Waals surface area contributed by atoms with Crippen LogP contribution >= 0.6 is 22.9 Å². The molecule has 210 valence electrons. The molecule has 0 fully saturated rings. The maximum atomic E-state index is 13.2. The predicted molar refractivity (Wildman–Crippen MR) is 165 cm³/mol. The number of nitrogens with one attached hydrogen (secondary N) is 1. The number of halogens is 1. The summed E-state index contributed by atoms with van der Waals surface area (Å²) in [6.07, 6.45) is -0.562. The number of rotatable bonds is 7. The molecule has 0 radical (unpaired) electrons. The monoisotopic (exact) mass is 587 g/mol. The van der Waals surface area contributed by atoms with Gasteiger partial charge in [-0.05, 0) is 80.4 Å². The summed E-state index contributed by atoms with van der Waals surface area (Å²) in [5, 5.41) is 6.24. The fourth-order valence-electron chi connectivity index (χ4n) is 4.58. The van der Waals surface area contributed by atoms with Crippen LogP contribution in [0.2, 0.25) is 5.02 Å². The van der Waals surface area contributed by atoms with Gasteiger partial charge in [0, 0.05) is 25.5 Å². The van der Waals surface area contributed by atoms with Crippen molar-refractivity contribution < 1.29 is 23.8 Å². The molecule has 0 aliphatic carbocycles. The predicted octanol–water partition coefficient (Wildman–Crippen LogP) is 9.37. The summed E-state index contributed by atoms with van der Waals surface area (Å²) in [5.41, 5.74) is 1.62. The molecule has 41 heavy (non-hydrogen) atoms. The molecule has 1 N–H and O–H groups in total. The lowest BCUT2D eigenvalue weighted by Crippen LogP contribution is -2.32. The summed E-state index contributed by atoms with van der Waals surface area (Å²) in [5.74, 6) is 0.719. The third-order valence-electron chi connectivity index (χ3n) is 6.26. The van der Waals surface area contributed by atoms with Gasteiger partial charge >= 0.3 is 12.1 Å². The summed E-state index contributed by atoms with van der Waals surface area (Å²) < 4.78 is 18.1. The van der Waals surface area contributed by atoms with Crippen molar-refractivity contribution in [1.29, 1.82) is 0 Å². The Balaban J connectivity index is 1.68. The number of hydrogen-bond acceptors (Lipinski definition) is 6. The SMILES string of the molecule is CCOC(=O)c1c(CNC(=O)OC(C)(C)C)sc2cc(-c3cccc4ccccc34)c(Oc3ccc(Cl)cc3)cc12. The van der Waals surface area contributed by atoms with Crippen molar-refractivity contribution in [2.75, 3.05) is 6.61 Å². The first-order valence-corrected chi connectivity index (χ1v) is 14.5. The van der Waals surface area contributed by atoms with E-state index < -0.39 is 17.7 Å². The minimum absolute atomic E-state index is 0.110. The number of ether oxygens (including phenoxy) is 3. The first kappa shape index (κ1) is 28.5. The van der Waals surface area contributed by atoms with Gasteiger partial charge in [-0.15, -0.1) is 11.3 Å². The van der Waals surface area contributed by atoms with Crippen molar-refractivity contribution in [2.24, 2.45) is 0 Å². The molecule has 0 saturated carbocycles. The van der Waals surface area contributed by atoms with Gasteiger partial charge in [-0.2, -0.15) is 0 Å². The van der Waals surface area contributed by atoms with Gasteiger partial charge in [-0.25, -0.2) is 9.59 Å². The Hall–Kier alpha value is -4.07. The molecule has 0 saturated heterocycles. The van der Waals surface area contributed by atoms with E-state index in [1.165, 1.54) is 11.3 Å². The molecular formula is C33H30ClNO5S. The van der Waals surface area contributed by atoms with Gasteiger partial charge in [0.15, 0.2) is 0 Å². The molecular weight excluding hydrogens is 558 g/mol. The van der Waals surface area contributed by atoms with E-state index in [0.717, 1.165) is 26.6 Å². The van der Waals surface area contributed by atoms with Crippen molar-refractivity contribution in [3.8, 4) is 22.6 Å². The van der Waals surface area contributed by atoms with E-state index in [2.05, 4.69) is 29.6 Å². The number of carbonyl (C=O) groups excluding carboxylic acids is 2. The highest BCUT2D eigenvalue weighted by Crippen LogP contribution is 2.44. The maximum Gasteiger partial charge on any atom is 0.407 e. The van der Waals surface area contributed by atoms with Crippen LogP contribution in [0.25, 0.3) is 32.0 Å². The van der Waals surface area contributed by atoms with E-state index in [0.29, 0.717) is 32.3 Å². The number of esters is 1. The molecule has 0 spiro atoms. The van der Waals surface area contributed by atoms with Crippen LogP contribution in [0.4, 0.5) is 4.79 Å². The van der Waals surface area contributed by atoms with Crippen molar-refractivity contribution >= 4 is 55.9 Å². The summed E-state index contributed by atoms with van der Waals surface area (Å²) in [7, 11) is 0. The highest BCUT2D eigenvalue weighted by atomic mass is 35.5. The molecule has 5 aromatic rings. The zero-order valence-corrected chi connectivity index (χ0v) is 24.8. The van der Waals surface area contributed by atoms with Gasteiger partial charge in [0.1, 0.15) is 17.1 Å². The van der Waals surface area contributed by atoms with E-state index >= 15 is 0 Å². The molecule has 4 aromatic carbocycles. The zero-order valence-electron chi connectivity index (χ0n) is 23.2. The van der Waals surface area contributed by atoms with E-state index in [1.54, 1.807) is 52.0 Å². The van der Waals surface area contributed by atoms with Crippen LogP contribution in [-0.4, -0.2) is 24.3 Å². The van der Waals surface area contributed by atoms with E-state index in [1.807, 2.05) is 30.3 Å². The van der Waals surface area contributed by atoms with Gasteiger partial charge in [0.2, 0.25) is 0 Å². The molecule has 1 heterocycles. The van der Waals surface area contributed by atoms with E-state index in [-0.39, 0.29) is 13.2 Å². The maximum absolute atomic E-state index is 13.2. The molecule has 0 bridgehead atoms. The lowest BCUT2D eigenvalue weighted by molar-refractivity contribution is 0.0505. The second-order valence-corrected chi connectivity index (χ2v) is 12.0. The van der Waals surface area contributed by atoms with Crippen molar-refractivity contribution in [3.05, 3.63) is 94.3 Å². The van der Waals surface area contributed by atoms with Crippen molar-refractivity contribution in [2.45, 2.75) is 39.8 Å². The lowest BCUT2D eigenvalue weighted by Gasteiger charge is -2.19. The molecule has 1 amide bonds. The van der Waals surface area contributed by atoms with Crippen LogP contribution in [0.15, 0.2) is 78.9 Å². The second-order valence-electron chi connectivity index (χ2n) is 10.4. The summed E-state index contributed by atoms with van der Waals surface area (Å²) >= 11 is 7.54. The van der Waals surface area contributed by atoms with E-state index in [9.17, 15) is 9.59 Å². The fourth-order valence-corrected chi connectivity index (χ4v) is 5.86. The Labute approximate surface area is 247 Å². The topological polar surface area (TPSA) is 73.9 Å². The average molecular weight is 588 g/mol. The Morgan fingerprint density at radius 1 is 0.902 bits per heavy atom. The Morgan fingerprint density at radius 3 is 2.37 bits per heavy atom. The third kappa shape index (κ3) is 6.47. The quantitative estimate of drug-likeness (QED) is 0.192. The fraction of sp³-hybridized carbons (Fsp3) is 0.212. The molecule has 0 atom stereocenters. The summed E-state index contributed by atoms with van der Waals surface area (Å²) in [6.45, 7) is 7.49. The average Bonchev–Trinajstić information content (AvgIpc) is 3.29. The van der Waals surface area contributed by atoms with E-state index in [4.69, 9.17) is 25.8 Å². The lowest BCUT2D eigenvalue weighted by atomic mass is 9.96. The van der Waals surface area contributed by atoms with Crippen LogP contribution < -0.4 is 10.1 Å². The molecule has 1 aromatic heterocycles. The minimum Gasteiger partial charge on any atom is -0.462 e. The Bertz CT molecular complexity index is 1730. The molecule has 0 unspecified atom stereocenters. The molecule has 6 nitrogen and oxygen atoms in total. The van der Waals surface area contributed by atoms with Crippen molar-refractivity contribution in [1.82, 2.24) is 5.32 Å². The third-order valence-corrected chi connectivity index (χ3v) is 7.66. The summed E-state index contributed by atoms with van der Waals surface area (Å²) in [4.78, 5) is 26.3. The molecule has 0 aliphatic heterocycles. The zero-order chi connectivity index (χ0) is 29.1. The first-order valence-electron chi connectivity index (χ1n) is 13.3. The first-order chi connectivity index (χ1) is 19.6. The highest BCUT2D eigenvalue weighted by molar-refractivity contribution is 7.19. The van der Waals surface area contributed by atoms with Crippen LogP contribution in [0, 0.1) is 0 Å². The van der Waals surface area contributed by atoms with Gasteiger partial charge in [-0.3, -0.25) is 0 Å². The Morgan fingerprint density at radius 2 is 1.63 bits per heavy atom. The summed E-state index contributed by atoms with van der Waals surface area (Å²) in [6, 6.07) is 25.4. The van der Waals surface area contributed by atoms with Gasteiger partial charge in [-0.1, -0.05) is 54.1 Å². The van der Waals surface area contributed by atoms with Gasteiger partial charge in [0.25, 0.3) is 0 Å². The number of thiophene rings is 1. The van der Waals surface area contributed by atoms with Gasteiger partial charge in [0.05, 0.1) is 18.7 Å². The van der Waals surface area contributed by atoms with Crippen molar-refractivity contribution in [3.63, 3.8) is 0 Å². The standard InChI is InChI=1S/C33H30ClNO5S/c1-5-38-31(36)30-26-17-27(39-22-15-13-21(34)14-16-22)25(24-12-8-10-20-9-6-7-11-23(20)24)18-28(26)41-29(30)19-35-32(37)40-33(2,3)4/h6-18H,5,19H2,1-4H3,(H,35,37). The van der Waals surface area contributed by atoms with Crippen LogP contribution in [0.3, 0.4) is 0 Å². The molecule has 5 rings (SSSR count). The molecule has 8 heteroatoms. The molecule has 0 aliphatic rings. The smallest absolute Gasteiger partial charge is 0.407 e. The number of amides is 1. The van der Waals surface area contributed by atoms with Crippen LogP contribution in [0.5, 0.6) is 11.5 Å². The van der Waals surface area contributed by atoms with Crippen LogP contribution in [-0.2, 0) is 16.0 Å². The number of alkyl carbamates (subject to hydrolysis) is 1. The van der Waals surface area contributed by atoms with Gasteiger partial charge < -0.3 is 19.5 Å². The highest BCUT2D eigenvalue weighted by Gasteiger charge is 2.24. The number of fused-ring (bicyclic) bond motifs is 2. The largest absolute Gasteiger partial charge is 0.462 e. The number of benzene rings is 4. The van der Waals surface area contributed by atoms with Crippen LogP contribution in [0.1, 0.15) is 42.9 Å². The number of hydrogen-bond donors (Lipinski definition) is 1. The second kappa shape index (κ2) is 11.8. The Kier molecular flexibility index (Phi) is 8.20. The minimum atomic E-state index is -0.643. The normalized spacial score (nSPS) is 11.4.